The topological polar surface area (TPSA) is 29.1 Å². The number of halogens is 3. The maximum atomic E-state index is 11.7. The maximum Gasteiger partial charge on any atom is 0.405 e. The van der Waals surface area contributed by atoms with Crippen molar-refractivity contribution in [2.24, 2.45) is 0 Å². The lowest BCUT2D eigenvalue weighted by atomic mass is 10.2. The minimum Gasteiger partial charge on any atom is -0.343 e. The quantitative estimate of drug-likeness (QED) is 0.778. The van der Waals surface area contributed by atoms with Crippen LogP contribution in [-0.4, -0.2) is 18.6 Å². The Hall–Kier alpha value is -1.52. The van der Waals surface area contributed by atoms with Crippen LogP contribution in [0.1, 0.15) is 10.4 Å². The summed E-state index contributed by atoms with van der Waals surface area (Å²) >= 11 is 0. The normalized spacial score (nSPS) is 11.1. The highest BCUT2D eigenvalue weighted by Crippen LogP contribution is 2.12. The van der Waals surface area contributed by atoms with Crippen LogP contribution < -0.4 is 5.32 Å². The second kappa shape index (κ2) is 4.13. The molecule has 0 spiro atoms. The second-order valence-corrected chi connectivity index (χ2v) is 2.59. The fourth-order valence-corrected chi connectivity index (χ4v) is 0.821. The molecule has 1 aromatic rings. The van der Waals surface area contributed by atoms with Crippen LogP contribution in [0.3, 0.4) is 0 Å². The van der Waals surface area contributed by atoms with Gasteiger partial charge in [-0.05, 0) is 18.2 Å². The fraction of sp³-hybridized carbons (Fsp3) is 0.222. The third-order valence-electron chi connectivity index (χ3n) is 1.43. The van der Waals surface area contributed by atoms with Crippen LogP contribution in [0.2, 0.25) is 0 Å². The summed E-state index contributed by atoms with van der Waals surface area (Å²) < 4.78 is 35.1. The van der Waals surface area contributed by atoms with Gasteiger partial charge < -0.3 is 5.32 Å². The summed E-state index contributed by atoms with van der Waals surface area (Å²) in [5.74, 6) is -0.740. The molecule has 0 aliphatic carbocycles. The van der Waals surface area contributed by atoms with E-state index in [2.05, 4.69) is 6.07 Å². The van der Waals surface area contributed by atoms with Crippen molar-refractivity contribution < 1.29 is 18.0 Å². The van der Waals surface area contributed by atoms with Crippen molar-refractivity contribution in [3.05, 3.63) is 35.9 Å². The Morgan fingerprint density at radius 2 is 1.93 bits per heavy atom. The monoisotopic (exact) mass is 202 g/mol. The molecule has 0 fully saturated rings. The van der Waals surface area contributed by atoms with E-state index in [1.54, 1.807) is 5.32 Å². The average Bonchev–Trinajstić information content (AvgIpc) is 2.14. The van der Waals surface area contributed by atoms with Crippen molar-refractivity contribution in [3.63, 3.8) is 0 Å². The molecule has 0 heterocycles. The Labute approximate surface area is 78.7 Å². The molecule has 0 aliphatic heterocycles. The van der Waals surface area contributed by atoms with E-state index in [1.165, 1.54) is 24.3 Å². The van der Waals surface area contributed by atoms with Gasteiger partial charge in [0.25, 0.3) is 5.91 Å². The summed E-state index contributed by atoms with van der Waals surface area (Å²) in [5.41, 5.74) is 0.188. The molecule has 1 radical (unpaired) electrons. The summed E-state index contributed by atoms with van der Waals surface area (Å²) in [6, 6.07) is 8.37. The highest BCUT2D eigenvalue weighted by molar-refractivity contribution is 5.94. The van der Waals surface area contributed by atoms with Crippen LogP contribution in [0, 0.1) is 6.07 Å². The smallest absolute Gasteiger partial charge is 0.343 e. The molecule has 0 atom stereocenters. The molecule has 0 bridgehead atoms. The molecule has 1 N–H and O–H groups in total. The van der Waals surface area contributed by atoms with E-state index in [9.17, 15) is 18.0 Å². The molecule has 0 unspecified atom stereocenters. The maximum absolute atomic E-state index is 11.7. The summed E-state index contributed by atoms with van der Waals surface area (Å²) in [7, 11) is 0. The largest absolute Gasteiger partial charge is 0.405 e. The number of alkyl halides is 3. The standard InChI is InChI=1S/C9H7F3NO/c10-9(11,12)6-13-8(14)7-4-2-1-3-5-7/h2-5H,6H2,(H,13,14). The predicted octanol–water partition coefficient (Wildman–Crippen LogP) is 1.78. The summed E-state index contributed by atoms with van der Waals surface area (Å²) in [6.45, 7) is -1.32. The van der Waals surface area contributed by atoms with E-state index in [4.69, 9.17) is 0 Å². The number of nitrogens with one attached hydrogen (secondary N) is 1. The van der Waals surface area contributed by atoms with Gasteiger partial charge in [0.15, 0.2) is 0 Å². The third-order valence-corrected chi connectivity index (χ3v) is 1.43. The van der Waals surface area contributed by atoms with E-state index >= 15 is 0 Å². The SMILES string of the molecule is O=C(NCC(F)(F)F)c1cc[c]cc1. The van der Waals surface area contributed by atoms with Crippen LogP contribution in [0.15, 0.2) is 24.3 Å². The van der Waals surface area contributed by atoms with Gasteiger partial charge in [0.1, 0.15) is 6.54 Å². The molecule has 0 aromatic heterocycles. The Morgan fingerprint density at radius 1 is 1.36 bits per heavy atom. The van der Waals surface area contributed by atoms with Crippen LogP contribution in [0.5, 0.6) is 0 Å². The molecule has 0 saturated carbocycles. The van der Waals surface area contributed by atoms with Crippen molar-refractivity contribution in [2.75, 3.05) is 6.54 Å². The van der Waals surface area contributed by atoms with Gasteiger partial charge >= 0.3 is 6.18 Å². The van der Waals surface area contributed by atoms with Gasteiger partial charge in [-0.15, -0.1) is 0 Å². The number of amides is 1. The first-order chi connectivity index (χ1) is 6.49. The minimum absolute atomic E-state index is 0.188. The number of hydrogen-bond donors (Lipinski definition) is 1. The van der Waals surface area contributed by atoms with Gasteiger partial charge in [-0.3, -0.25) is 4.79 Å². The number of carbonyl (C=O) groups is 1. The lowest BCUT2D eigenvalue weighted by molar-refractivity contribution is -0.123. The summed E-state index contributed by atoms with van der Waals surface area (Å²) in [6.07, 6.45) is -4.38. The molecule has 14 heavy (non-hydrogen) atoms. The Balaban J connectivity index is 2.52. The van der Waals surface area contributed by atoms with Crippen LogP contribution in [-0.2, 0) is 0 Å². The number of rotatable bonds is 2. The number of benzene rings is 1. The Kier molecular flexibility index (Phi) is 3.11. The van der Waals surface area contributed by atoms with Crippen molar-refractivity contribution >= 4 is 5.91 Å². The molecule has 0 aliphatic rings. The number of carbonyl (C=O) groups excluding carboxylic acids is 1. The van der Waals surface area contributed by atoms with Gasteiger partial charge in [0, 0.05) is 5.56 Å². The average molecular weight is 202 g/mol. The highest BCUT2D eigenvalue weighted by atomic mass is 19.4. The van der Waals surface area contributed by atoms with Gasteiger partial charge in [-0.2, -0.15) is 13.2 Å². The lowest BCUT2D eigenvalue weighted by Gasteiger charge is -2.07. The molecular weight excluding hydrogens is 195 g/mol. The zero-order valence-electron chi connectivity index (χ0n) is 7.06. The fourth-order valence-electron chi connectivity index (χ4n) is 0.821. The lowest BCUT2D eigenvalue weighted by Crippen LogP contribution is -2.33. The molecule has 2 nitrogen and oxygen atoms in total. The molecular formula is C9H7F3NO. The van der Waals surface area contributed by atoms with Gasteiger partial charge in [0.05, 0.1) is 0 Å². The van der Waals surface area contributed by atoms with E-state index in [-0.39, 0.29) is 5.56 Å². The second-order valence-electron chi connectivity index (χ2n) is 2.59. The van der Waals surface area contributed by atoms with Crippen LogP contribution in [0.25, 0.3) is 0 Å². The molecule has 1 amide bonds. The first-order valence-electron chi connectivity index (χ1n) is 3.80. The zero-order valence-corrected chi connectivity index (χ0v) is 7.06. The van der Waals surface area contributed by atoms with E-state index in [0.717, 1.165) is 0 Å². The molecule has 0 saturated heterocycles. The molecule has 5 heteroatoms. The third kappa shape index (κ3) is 3.47. The van der Waals surface area contributed by atoms with E-state index < -0.39 is 18.6 Å². The number of hydrogen-bond acceptors (Lipinski definition) is 1. The van der Waals surface area contributed by atoms with Crippen molar-refractivity contribution in [1.82, 2.24) is 5.32 Å². The van der Waals surface area contributed by atoms with Crippen molar-refractivity contribution in [3.8, 4) is 0 Å². The first kappa shape index (κ1) is 10.6. The summed E-state index contributed by atoms with van der Waals surface area (Å²) in [5, 5.41) is 1.76. The molecule has 1 rings (SSSR count). The van der Waals surface area contributed by atoms with Crippen molar-refractivity contribution in [1.29, 1.82) is 0 Å². The van der Waals surface area contributed by atoms with Gasteiger partial charge in [-0.1, -0.05) is 12.1 Å². The van der Waals surface area contributed by atoms with E-state index in [1.807, 2.05) is 0 Å². The summed E-state index contributed by atoms with van der Waals surface area (Å²) in [4.78, 5) is 11.1. The van der Waals surface area contributed by atoms with Gasteiger partial charge in [0.2, 0.25) is 0 Å². The highest BCUT2D eigenvalue weighted by Gasteiger charge is 2.27. The van der Waals surface area contributed by atoms with Gasteiger partial charge in [-0.25, -0.2) is 0 Å². The predicted molar refractivity (Wildman–Crippen MR) is 43.7 cm³/mol. The Morgan fingerprint density at radius 3 is 2.43 bits per heavy atom. The van der Waals surface area contributed by atoms with Crippen LogP contribution >= 0.6 is 0 Å². The molecule has 1 aromatic carbocycles. The minimum atomic E-state index is -4.38. The van der Waals surface area contributed by atoms with Crippen molar-refractivity contribution in [2.45, 2.75) is 6.18 Å². The Bertz CT molecular complexity index is 308. The zero-order chi connectivity index (χ0) is 10.6. The van der Waals surface area contributed by atoms with E-state index in [0.29, 0.717) is 0 Å². The first-order valence-corrected chi connectivity index (χ1v) is 3.80. The molecule has 75 valence electrons. The van der Waals surface area contributed by atoms with Crippen LogP contribution in [0.4, 0.5) is 13.2 Å².